The summed E-state index contributed by atoms with van der Waals surface area (Å²) in [6, 6.07) is 5.07. The van der Waals surface area contributed by atoms with Gasteiger partial charge in [-0.1, -0.05) is 11.8 Å². The smallest absolute Gasteiger partial charge is 0.309 e. The van der Waals surface area contributed by atoms with Crippen LogP contribution in [0.4, 0.5) is 0 Å². The Morgan fingerprint density at radius 2 is 2.27 bits per heavy atom. The van der Waals surface area contributed by atoms with Crippen LogP contribution in [0, 0.1) is 10.6 Å². The lowest BCUT2D eigenvalue weighted by molar-refractivity contribution is -0.645. The zero-order valence-corrected chi connectivity index (χ0v) is 9.45. The van der Waals surface area contributed by atoms with E-state index in [2.05, 4.69) is 0 Å². The second kappa shape index (κ2) is 4.53. The third kappa shape index (κ3) is 3.13. The van der Waals surface area contributed by atoms with Gasteiger partial charge in [0.25, 0.3) is 5.03 Å². The molecule has 0 aliphatic heterocycles. The van der Waals surface area contributed by atoms with E-state index in [0.717, 1.165) is 4.73 Å². The molecule has 0 aromatic carbocycles. The summed E-state index contributed by atoms with van der Waals surface area (Å²) in [5.41, 5.74) is -0.826. The van der Waals surface area contributed by atoms with Crippen LogP contribution in [0.5, 0.6) is 0 Å². The van der Waals surface area contributed by atoms with Crippen LogP contribution >= 0.6 is 11.8 Å². The number of carbonyl (C=O) groups is 1. The van der Waals surface area contributed by atoms with Crippen molar-refractivity contribution in [2.24, 2.45) is 5.41 Å². The second-order valence-corrected chi connectivity index (χ2v) is 4.84. The minimum absolute atomic E-state index is 0.370. The highest BCUT2D eigenvalue weighted by molar-refractivity contribution is 7.99. The van der Waals surface area contributed by atoms with Crippen LogP contribution in [0.1, 0.15) is 13.8 Å². The number of nitrogens with zero attached hydrogens (tertiary/aromatic N) is 1. The van der Waals surface area contributed by atoms with Gasteiger partial charge in [-0.2, -0.15) is 4.73 Å². The molecule has 0 saturated carbocycles. The highest BCUT2D eigenvalue weighted by Gasteiger charge is 2.28. The van der Waals surface area contributed by atoms with Crippen molar-refractivity contribution in [3.8, 4) is 0 Å². The third-order valence-corrected chi connectivity index (χ3v) is 3.43. The van der Waals surface area contributed by atoms with Gasteiger partial charge < -0.3 is 10.3 Å². The summed E-state index contributed by atoms with van der Waals surface area (Å²) in [4.78, 5) is 10.8. The van der Waals surface area contributed by atoms with Crippen LogP contribution < -0.4 is 4.73 Å². The fraction of sp³-hybridized carbons (Fsp3) is 0.400. The van der Waals surface area contributed by atoms with Crippen LogP contribution in [0.15, 0.2) is 29.4 Å². The maximum absolute atomic E-state index is 11.3. The first-order valence-electron chi connectivity index (χ1n) is 4.48. The highest BCUT2D eigenvalue weighted by Crippen LogP contribution is 2.25. The molecule has 4 nitrogen and oxygen atoms in total. The lowest BCUT2D eigenvalue weighted by atomic mass is 9.97. The number of hydrogen-bond donors (Lipinski definition) is 1. The van der Waals surface area contributed by atoms with E-state index in [9.17, 15) is 10.0 Å². The van der Waals surface area contributed by atoms with Crippen LogP contribution in [0.3, 0.4) is 0 Å². The molecule has 0 aliphatic rings. The van der Waals surface area contributed by atoms with Crippen molar-refractivity contribution in [2.45, 2.75) is 18.9 Å². The van der Waals surface area contributed by atoms with E-state index in [1.165, 1.54) is 18.0 Å². The van der Waals surface area contributed by atoms with Gasteiger partial charge in [0.1, 0.15) is 0 Å². The summed E-state index contributed by atoms with van der Waals surface area (Å²) < 4.78 is 0.739. The molecule has 0 amide bonds. The molecule has 1 heterocycles. The standard InChI is InChI=1S/C10H13NO3S/c1-10(2,9(12)13)7-15-8-5-3-4-6-11(8)14/h3-6H,7H2,1-2H3,(H,12,13). The molecule has 0 saturated heterocycles. The summed E-state index contributed by atoms with van der Waals surface area (Å²) in [6.07, 6.45) is 1.40. The Labute approximate surface area is 92.5 Å². The van der Waals surface area contributed by atoms with Gasteiger partial charge in [0.05, 0.1) is 5.41 Å². The zero-order valence-electron chi connectivity index (χ0n) is 8.64. The molecule has 0 atom stereocenters. The fourth-order valence-electron chi connectivity index (χ4n) is 0.840. The molecule has 0 bridgehead atoms. The first-order chi connectivity index (χ1) is 6.93. The zero-order chi connectivity index (χ0) is 11.5. The van der Waals surface area contributed by atoms with Crippen molar-refractivity contribution in [1.82, 2.24) is 0 Å². The van der Waals surface area contributed by atoms with Crippen molar-refractivity contribution in [2.75, 3.05) is 5.75 Å². The van der Waals surface area contributed by atoms with E-state index in [-0.39, 0.29) is 0 Å². The summed E-state index contributed by atoms with van der Waals surface area (Å²) >= 11 is 1.25. The van der Waals surface area contributed by atoms with Gasteiger partial charge in [0.2, 0.25) is 0 Å². The topological polar surface area (TPSA) is 64.2 Å². The SMILES string of the molecule is CC(C)(CSc1cccc[n+]1[O-])C(=O)O. The van der Waals surface area contributed by atoms with E-state index in [4.69, 9.17) is 5.11 Å². The number of aliphatic carboxylic acids is 1. The van der Waals surface area contributed by atoms with E-state index < -0.39 is 11.4 Å². The Hall–Kier alpha value is -1.23. The van der Waals surface area contributed by atoms with Crippen molar-refractivity contribution in [3.05, 3.63) is 29.6 Å². The van der Waals surface area contributed by atoms with Gasteiger partial charge in [-0.05, 0) is 19.9 Å². The Morgan fingerprint density at radius 1 is 1.60 bits per heavy atom. The average molecular weight is 227 g/mol. The minimum atomic E-state index is -0.858. The Balaban J connectivity index is 2.66. The molecule has 5 heteroatoms. The predicted octanol–water partition coefficient (Wildman–Crippen LogP) is 1.52. The van der Waals surface area contributed by atoms with Gasteiger partial charge in [0.15, 0.2) is 6.20 Å². The largest absolute Gasteiger partial charge is 0.618 e. The minimum Gasteiger partial charge on any atom is -0.618 e. The fourth-order valence-corrected chi connectivity index (χ4v) is 1.84. The van der Waals surface area contributed by atoms with Crippen LogP contribution in [0.2, 0.25) is 0 Å². The monoisotopic (exact) mass is 227 g/mol. The Bertz CT molecular complexity index is 365. The number of carboxylic acids is 1. The maximum atomic E-state index is 11.3. The van der Waals surface area contributed by atoms with E-state index in [1.54, 1.807) is 32.0 Å². The van der Waals surface area contributed by atoms with Gasteiger partial charge in [-0.3, -0.25) is 4.79 Å². The van der Waals surface area contributed by atoms with Gasteiger partial charge in [0, 0.05) is 17.9 Å². The van der Waals surface area contributed by atoms with Crippen LogP contribution in [-0.2, 0) is 4.79 Å². The Morgan fingerprint density at radius 3 is 2.80 bits per heavy atom. The lowest BCUT2D eigenvalue weighted by Gasteiger charge is -2.17. The van der Waals surface area contributed by atoms with Crippen LogP contribution in [-0.4, -0.2) is 16.8 Å². The molecule has 0 spiro atoms. The maximum Gasteiger partial charge on any atom is 0.309 e. The molecule has 1 rings (SSSR count). The van der Waals surface area contributed by atoms with E-state index >= 15 is 0 Å². The number of thioether (sulfide) groups is 1. The molecule has 1 N–H and O–H groups in total. The van der Waals surface area contributed by atoms with Gasteiger partial charge >= 0.3 is 5.97 Å². The molecule has 0 radical (unpaired) electrons. The number of carboxylic acid groups (broad SMARTS) is 1. The first-order valence-corrected chi connectivity index (χ1v) is 5.46. The third-order valence-electron chi connectivity index (χ3n) is 1.95. The molecule has 82 valence electrons. The van der Waals surface area contributed by atoms with Crippen molar-refractivity contribution in [1.29, 1.82) is 0 Å². The normalized spacial score (nSPS) is 11.3. The summed E-state index contributed by atoms with van der Waals surface area (Å²) in [5, 5.41) is 20.7. The highest BCUT2D eigenvalue weighted by atomic mass is 32.2. The first kappa shape index (κ1) is 11.8. The number of pyridine rings is 1. The molecule has 1 aromatic rings. The summed E-state index contributed by atoms with van der Waals surface area (Å²) in [5.74, 6) is -0.488. The molecule has 15 heavy (non-hydrogen) atoms. The van der Waals surface area contributed by atoms with Crippen LogP contribution in [0.25, 0.3) is 0 Å². The molecule has 1 aromatic heterocycles. The number of aromatic nitrogens is 1. The lowest BCUT2D eigenvalue weighted by Crippen LogP contribution is -2.30. The summed E-state index contributed by atoms with van der Waals surface area (Å²) in [6.45, 7) is 3.28. The molecular formula is C10H13NO3S. The quantitative estimate of drug-likeness (QED) is 0.481. The predicted molar refractivity (Wildman–Crippen MR) is 57.5 cm³/mol. The molecule has 0 aliphatic carbocycles. The van der Waals surface area contributed by atoms with E-state index in [0.29, 0.717) is 10.8 Å². The van der Waals surface area contributed by atoms with Crippen molar-refractivity contribution < 1.29 is 14.6 Å². The molecule has 0 unspecified atom stereocenters. The van der Waals surface area contributed by atoms with Gasteiger partial charge in [-0.15, -0.1) is 0 Å². The molecule has 0 fully saturated rings. The van der Waals surface area contributed by atoms with E-state index in [1.807, 2.05) is 0 Å². The second-order valence-electron chi connectivity index (χ2n) is 3.84. The van der Waals surface area contributed by atoms with Crippen molar-refractivity contribution in [3.63, 3.8) is 0 Å². The Kier molecular flexibility index (Phi) is 3.57. The number of hydrogen-bond acceptors (Lipinski definition) is 3. The van der Waals surface area contributed by atoms with Gasteiger partial charge in [-0.25, -0.2) is 0 Å². The summed E-state index contributed by atoms with van der Waals surface area (Å²) in [7, 11) is 0. The molecular weight excluding hydrogens is 214 g/mol. The number of rotatable bonds is 4. The van der Waals surface area contributed by atoms with Crippen molar-refractivity contribution >= 4 is 17.7 Å². The average Bonchev–Trinajstić information content (AvgIpc) is 2.16.